The number of hydrogen-bond donors (Lipinski definition) is 3. The second kappa shape index (κ2) is 8.36. The molecule has 0 radical (unpaired) electrons. The third-order valence-corrected chi connectivity index (χ3v) is 3.84. The van der Waals surface area contributed by atoms with Crippen LogP contribution < -0.4 is 16.4 Å². The quantitative estimate of drug-likeness (QED) is 0.751. The molecule has 2 aromatic rings. The Morgan fingerprint density at radius 3 is 2.62 bits per heavy atom. The van der Waals surface area contributed by atoms with Gasteiger partial charge in [0.25, 0.3) is 0 Å². The van der Waals surface area contributed by atoms with Crippen molar-refractivity contribution in [3.63, 3.8) is 0 Å². The molecular formula is C18H20ClN3O2. The van der Waals surface area contributed by atoms with Crippen molar-refractivity contribution >= 4 is 23.5 Å². The molecule has 1 unspecified atom stereocenters. The molecular weight excluding hydrogens is 326 g/mol. The first-order valence-corrected chi connectivity index (χ1v) is 8.02. The van der Waals surface area contributed by atoms with Crippen LogP contribution in [0.15, 0.2) is 48.5 Å². The lowest BCUT2D eigenvalue weighted by Gasteiger charge is -2.15. The molecule has 24 heavy (non-hydrogen) atoms. The highest BCUT2D eigenvalue weighted by Crippen LogP contribution is 2.17. The van der Waals surface area contributed by atoms with Crippen molar-refractivity contribution in [3.05, 3.63) is 70.2 Å². The van der Waals surface area contributed by atoms with Crippen LogP contribution in [-0.2, 0) is 6.42 Å². The Morgan fingerprint density at radius 2 is 1.92 bits per heavy atom. The van der Waals surface area contributed by atoms with Crippen LogP contribution >= 0.6 is 11.6 Å². The molecule has 0 aliphatic heterocycles. The van der Waals surface area contributed by atoms with E-state index in [1.807, 2.05) is 31.2 Å². The van der Waals surface area contributed by atoms with Crippen molar-refractivity contribution in [2.75, 3.05) is 6.54 Å². The van der Waals surface area contributed by atoms with Gasteiger partial charge in [-0.2, -0.15) is 0 Å². The highest BCUT2D eigenvalue weighted by atomic mass is 35.5. The van der Waals surface area contributed by atoms with Gasteiger partial charge in [0, 0.05) is 17.1 Å². The van der Waals surface area contributed by atoms with Gasteiger partial charge < -0.3 is 16.4 Å². The Morgan fingerprint density at radius 1 is 1.17 bits per heavy atom. The SMILES string of the molecule is CC(NC(=O)NCCc1cccc(C(N)=O)c1)c1cccc(Cl)c1. The summed E-state index contributed by atoms with van der Waals surface area (Å²) in [4.78, 5) is 23.1. The third-order valence-electron chi connectivity index (χ3n) is 3.61. The predicted molar refractivity (Wildman–Crippen MR) is 95.1 cm³/mol. The summed E-state index contributed by atoms with van der Waals surface area (Å²) in [5.74, 6) is -0.460. The number of nitrogens with one attached hydrogen (secondary N) is 2. The van der Waals surface area contributed by atoms with Gasteiger partial charge in [-0.15, -0.1) is 0 Å². The van der Waals surface area contributed by atoms with Crippen LogP contribution in [0.25, 0.3) is 0 Å². The van der Waals surface area contributed by atoms with Gasteiger partial charge in [-0.25, -0.2) is 4.79 Å². The summed E-state index contributed by atoms with van der Waals surface area (Å²) in [5.41, 5.74) is 7.59. The smallest absolute Gasteiger partial charge is 0.315 e. The molecule has 3 amide bonds. The number of hydrogen-bond acceptors (Lipinski definition) is 2. The van der Waals surface area contributed by atoms with E-state index in [9.17, 15) is 9.59 Å². The summed E-state index contributed by atoms with van der Waals surface area (Å²) in [7, 11) is 0. The maximum absolute atomic E-state index is 11.9. The lowest BCUT2D eigenvalue weighted by molar-refractivity contribution is 0.1000. The molecule has 5 nitrogen and oxygen atoms in total. The van der Waals surface area contributed by atoms with Crippen molar-refractivity contribution in [3.8, 4) is 0 Å². The average Bonchev–Trinajstić information content (AvgIpc) is 2.55. The number of carbonyl (C=O) groups excluding carboxylic acids is 2. The maximum Gasteiger partial charge on any atom is 0.315 e. The van der Waals surface area contributed by atoms with Gasteiger partial charge in [0.1, 0.15) is 0 Å². The lowest BCUT2D eigenvalue weighted by atomic mass is 10.1. The molecule has 0 heterocycles. The molecule has 0 saturated heterocycles. The van der Waals surface area contributed by atoms with Crippen molar-refractivity contribution in [2.45, 2.75) is 19.4 Å². The second-order valence-corrected chi connectivity index (χ2v) is 5.93. The van der Waals surface area contributed by atoms with Crippen molar-refractivity contribution < 1.29 is 9.59 Å². The monoisotopic (exact) mass is 345 g/mol. The minimum absolute atomic E-state index is 0.151. The molecule has 0 aromatic heterocycles. The number of halogens is 1. The second-order valence-electron chi connectivity index (χ2n) is 5.49. The zero-order valence-corrected chi connectivity index (χ0v) is 14.1. The molecule has 4 N–H and O–H groups in total. The fourth-order valence-corrected chi connectivity index (χ4v) is 2.51. The van der Waals surface area contributed by atoms with E-state index in [0.29, 0.717) is 23.6 Å². The van der Waals surface area contributed by atoms with Crippen LogP contribution in [0.3, 0.4) is 0 Å². The normalized spacial score (nSPS) is 11.6. The van der Waals surface area contributed by atoms with E-state index in [-0.39, 0.29) is 12.1 Å². The van der Waals surface area contributed by atoms with Crippen molar-refractivity contribution in [2.24, 2.45) is 5.73 Å². The van der Waals surface area contributed by atoms with Crippen LogP contribution in [0.5, 0.6) is 0 Å². The minimum atomic E-state index is -0.460. The van der Waals surface area contributed by atoms with E-state index in [4.69, 9.17) is 17.3 Å². The highest BCUT2D eigenvalue weighted by Gasteiger charge is 2.09. The summed E-state index contributed by atoms with van der Waals surface area (Å²) in [5, 5.41) is 6.29. The zero-order chi connectivity index (χ0) is 17.5. The number of primary amides is 1. The molecule has 0 saturated carbocycles. The molecule has 2 aromatic carbocycles. The Bertz CT molecular complexity index is 734. The first-order chi connectivity index (χ1) is 11.5. The number of carbonyl (C=O) groups is 2. The van der Waals surface area contributed by atoms with Gasteiger partial charge in [0.2, 0.25) is 5.91 Å². The summed E-state index contributed by atoms with van der Waals surface area (Å²) in [6, 6.07) is 14.0. The van der Waals surface area contributed by atoms with Crippen LogP contribution in [0.4, 0.5) is 4.79 Å². The number of rotatable bonds is 6. The minimum Gasteiger partial charge on any atom is -0.366 e. The topological polar surface area (TPSA) is 84.2 Å². The Kier molecular flexibility index (Phi) is 6.21. The molecule has 0 fully saturated rings. The van der Waals surface area contributed by atoms with Gasteiger partial charge in [0.05, 0.1) is 6.04 Å². The van der Waals surface area contributed by atoms with E-state index in [2.05, 4.69) is 10.6 Å². The highest BCUT2D eigenvalue weighted by molar-refractivity contribution is 6.30. The van der Waals surface area contributed by atoms with Gasteiger partial charge in [-0.1, -0.05) is 35.9 Å². The Hall–Kier alpha value is -2.53. The van der Waals surface area contributed by atoms with Crippen LogP contribution in [0.2, 0.25) is 5.02 Å². The zero-order valence-electron chi connectivity index (χ0n) is 13.4. The Labute approximate surface area is 146 Å². The summed E-state index contributed by atoms with van der Waals surface area (Å²) < 4.78 is 0. The molecule has 126 valence electrons. The molecule has 0 bridgehead atoms. The van der Waals surface area contributed by atoms with E-state index in [1.165, 1.54) is 0 Å². The molecule has 1 atom stereocenters. The molecule has 0 aliphatic carbocycles. The van der Waals surface area contributed by atoms with Crippen LogP contribution in [-0.4, -0.2) is 18.5 Å². The standard InChI is InChI=1S/C18H20ClN3O2/c1-12(14-5-3-7-16(19)11-14)22-18(24)21-9-8-13-4-2-6-15(10-13)17(20)23/h2-7,10-12H,8-9H2,1H3,(H2,20,23)(H2,21,22,24). The first kappa shape index (κ1) is 17.8. The number of urea groups is 1. The van der Waals surface area contributed by atoms with Gasteiger partial charge in [-0.05, 0) is 48.7 Å². The van der Waals surface area contributed by atoms with E-state index >= 15 is 0 Å². The largest absolute Gasteiger partial charge is 0.366 e. The van der Waals surface area contributed by atoms with Gasteiger partial charge in [-0.3, -0.25) is 4.79 Å². The number of nitrogens with two attached hydrogens (primary N) is 1. The first-order valence-electron chi connectivity index (χ1n) is 7.64. The predicted octanol–water partition coefficient (Wildman–Crippen LogP) is 3.04. The van der Waals surface area contributed by atoms with Crippen molar-refractivity contribution in [1.29, 1.82) is 0 Å². The van der Waals surface area contributed by atoms with Crippen LogP contribution in [0.1, 0.15) is 34.5 Å². The van der Waals surface area contributed by atoms with Gasteiger partial charge >= 0.3 is 6.03 Å². The summed E-state index contributed by atoms with van der Waals surface area (Å²) in [6.07, 6.45) is 0.611. The van der Waals surface area contributed by atoms with Crippen LogP contribution in [0, 0.1) is 0 Å². The Balaban J connectivity index is 1.81. The molecule has 6 heteroatoms. The third kappa shape index (κ3) is 5.28. The lowest BCUT2D eigenvalue weighted by Crippen LogP contribution is -2.38. The maximum atomic E-state index is 11.9. The fourth-order valence-electron chi connectivity index (χ4n) is 2.31. The van der Waals surface area contributed by atoms with E-state index in [1.54, 1.807) is 24.3 Å². The van der Waals surface area contributed by atoms with E-state index < -0.39 is 5.91 Å². The number of benzene rings is 2. The van der Waals surface area contributed by atoms with Crippen molar-refractivity contribution in [1.82, 2.24) is 10.6 Å². The summed E-state index contributed by atoms with van der Waals surface area (Å²) in [6.45, 7) is 2.35. The molecule has 0 spiro atoms. The van der Waals surface area contributed by atoms with Gasteiger partial charge in [0.15, 0.2) is 0 Å². The molecule has 2 rings (SSSR count). The fraction of sp³-hybridized carbons (Fsp3) is 0.222. The summed E-state index contributed by atoms with van der Waals surface area (Å²) >= 11 is 5.95. The average molecular weight is 346 g/mol. The van der Waals surface area contributed by atoms with E-state index in [0.717, 1.165) is 11.1 Å². The number of amides is 3. The molecule has 0 aliphatic rings.